The maximum Gasteiger partial charge on any atom is 0.253 e. The second-order valence-electron chi connectivity index (χ2n) is 14.4. The second-order valence-corrected chi connectivity index (χ2v) is 15.4. The summed E-state index contributed by atoms with van der Waals surface area (Å²) in [7, 11) is 0. The van der Waals surface area contributed by atoms with Gasteiger partial charge in [0.2, 0.25) is 41.4 Å². The Morgan fingerprint density at radius 3 is 1.79 bits per heavy atom. The van der Waals surface area contributed by atoms with Crippen LogP contribution < -0.4 is 37.6 Å². The number of thioether (sulfide) groups is 1. The molecule has 17 heteroatoms. The van der Waals surface area contributed by atoms with Crippen LogP contribution in [0, 0.1) is 5.92 Å². The van der Waals surface area contributed by atoms with Gasteiger partial charge in [-0.3, -0.25) is 38.4 Å². The van der Waals surface area contributed by atoms with Crippen LogP contribution in [0.25, 0.3) is 0 Å². The lowest BCUT2D eigenvalue weighted by atomic mass is 10.0. The van der Waals surface area contributed by atoms with Gasteiger partial charge in [0.25, 0.3) is 5.91 Å². The fourth-order valence-corrected chi connectivity index (χ4v) is 6.91. The maximum absolute atomic E-state index is 14.2. The van der Waals surface area contributed by atoms with Gasteiger partial charge in [0.15, 0.2) is 0 Å². The molecule has 0 saturated carbocycles. The molecule has 16 nitrogen and oxygen atoms in total. The molecule has 1 saturated heterocycles. The minimum atomic E-state index is -1.35. The molecule has 0 aliphatic carbocycles. The molecule has 2 heterocycles. The minimum absolute atomic E-state index is 0.0147. The van der Waals surface area contributed by atoms with Gasteiger partial charge in [-0.05, 0) is 54.4 Å². The topological polar surface area (TPSA) is 238 Å². The first-order chi connectivity index (χ1) is 27.2. The largest absolute Gasteiger partial charge is 0.370 e. The molecular formula is C40H52N8O8S. The third kappa shape index (κ3) is 13.5. The third-order valence-electron chi connectivity index (χ3n) is 9.42. The molecule has 2 aliphatic heterocycles. The van der Waals surface area contributed by atoms with Crippen molar-refractivity contribution in [3.8, 4) is 0 Å². The SMILES string of the molecule is CSCC[C@@H]1NC(=O)[C@@H](CC(C)C)N2C=CC(NC(=O)[C@@H](Cc3ccccc3)NC(=O)[C@H](Cc3ccccc3)NC(=O)[C@@H](CCC(N)=O)NC(=O)CNC1=O)C2=O. The molecule has 2 bridgehead atoms. The van der Waals surface area contributed by atoms with Gasteiger partial charge in [-0.15, -0.1) is 0 Å². The Morgan fingerprint density at radius 1 is 0.719 bits per heavy atom. The van der Waals surface area contributed by atoms with E-state index in [0.29, 0.717) is 16.9 Å². The van der Waals surface area contributed by atoms with Crippen molar-refractivity contribution in [3.63, 3.8) is 0 Å². The second kappa shape index (κ2) is 21.6. The highest BCUT2D eigenvalue weighted by Crippen LogP contribution is 2.20. The molecule has 2 aliphatic rings. The fraction of sp³-hybridized carbons (Fsp3) is 0.450. The highest BCUT2D eigenvalue weighted by atomic mass is 32.2. The third-order valence-corrected chi connectivity index (χ3v) is 10.1. The standard InChI is InChI=1S/C40H52N8O8S/c1-24(2)20-32-39(55)44-28(17-19-57-3)35(51)42-23-34(50)43-27(14-15-33(41)49)36(52)46-31(22-26-12-8-5-9-13-26)38(54)47-30(21-25-10-6-4-7-11-25)37(53)45-29-16-18-48(32)40(29)56/h4-13,16,18,24,27-32H,14-15,17,19-23H2,1-3H3,(H2,41,49)(H,42,51)(H,43,50)(H,44,55)(H,45,53)(H,46,52)(H,47,54)/t27-,28+,29?,30-,31+,32-/m1/s1. The van der Waals surface area contributed by atoms with Crippen molar-refractivity contribution in [2.75, 3.05) is 18.6 Å². The van der Waals surface area contributed by atoms with Crippen molar-refractivity contribution in [1.82, 2.24) is 36.8 Å². The number of carbonyl (C=O) groups excluding carboxylic acids is 8. The van der Waals surface area contributed by atoms with Gasteiger partial charge < -0.3 is 42.5 Å². The Bertz CT molecular complexity index is 1790. The molecule has 8 amide bonds. The van der Waals surface area contributed by atoms with E-state index in [-0.39, 0.29) is 44.4 Å². The molecule has 1 unspecified atom stereocenters. The van der Waals surface area contributed by atoms with Crippen LogP contribution in [0.1, 0.15) is 50.7 Å². The van der Waals surface area contributed by atoms with E-state index in [9.17, 15) is 38.4 Å². The van der Waals surface area contributed by atoms with Crippen LogP contribution in [-0.4, -0.2) is 107 Å². The molecule has 4 rings (SSSR count). The van der Waals surface area contributed by atoms with E-state index in [2.05, 4.69) is 31.9 Å². The number of fused-ring (bicyclic) bond motifs is 2. The number of hydrogen-bond acceptors (Lipinski definition) is 9. The van der Waals surface area contributed by atoms with E-state index >= 15 is 0 Å². The fourth-order valence-electron chi connectivity index (χ4n) is 6.44. The molecule has 8 N–H and O–H groups in total. The summed E-state index contributed by atoms with van der Waals surface area (Å²) < 4.78 is 0. The molecule has 2 aromatic rings. The first-order valence-corrected chi connectivity index (χ1v) is 20.3. The van der Waals surface area contributed by atoms with E-state index in [4.69, 9.17) is 5.73 Å². The van der Waals surface area contributed by atoms with Crippen LogP contribution in [0.5, 0.6) is 0 Å². The molecular weight excluding hydrogens is 753 g/mol. The number of nitrogens with one attached hydrogen (secondary N) is 6. The molecule has 306 valence electrons. The van der Waals surface area contributed by atoms with Gasteiger partial charge >= 0.3 is 0 Å². The summed E-state index contributed by atoms with van der Waals surface area (Å²) in [6.45, 7) is 3.18. The summed E-state index contributed by atoms with van der Waals surface area (Å²) in [5.74, 6) is -5.20. The summed E-state index contributed by atoms with van der Waals surface area (Å²) in [4.78, 5) is 110. The first kappa shape index (κ1) is 44.0. The molecule has 57 heavy (non-hydrogen) atoms. The van der Waals surface area contributed by atoms with Crippen molar-refractivity contribution >= 4 is 59.0 Å². The van der Waals surface area contributed by atoms with E-state index in [1.54, 1.807) is 60.7 Å². The van der Waals surface area contributed by atoms with Crippen molar-refractivity contribution in [3.05, 3.63) is 84.1 Å². The number of benzene rings is 2. The smallest absolute Gasteiger partial charge is 0.253 e. The quantitative estimate of drug-likeness (QED) is 0.150. The van der Waals surface area contributed by atoms with Crippen LogP contribution in [0.3, 0.4) is 0 Å². The summed E-state index contributed by atoms with van der Waals surface area (Å²) in [5.41, 5.74) is 6.75. The predicted octanol–water partition coefficient (Wildman–Crippen LogP) is -0.185. The lowest BCUT2D eigenvalue weighted by molar-refractivity contribution is -0.140. The van der Waals surface area contributed by atoms with Crippen molar-refractivity contribution in [2.24, 2.45) is 11.7 Å². The zero-order valence-electron chi connectivity index (χ0n) is 32.3. The van der Waals surface area contributed by atoms with E-state index in [1.807, 2.05) is 20.1 Å². The Labute approximate surface area is 336 Å². The number of amides is 8. The van der Waals surface area contributed by atoms with Crippen LogP contribution in [0.2, 0.25) is 0 Å². The molecule has 0 radical (unpaired) electrons. The van der Waals surface area contributed by atoms with Crippen LogP contribution in [0.4, 0.5) is 0 Å². The maximum atomic E-state index is 14.2. The average molecular weight is 805 g/mol. The minimum Gasteiger partial charge on any atom is -0.370 e. The zero-order chi connectivity index (χ0) is 41.5. The van der Waals surface area contributed by atoms with Crippen LogP contribution in [-0.2, 0) is 51.2 Å². The summed E-state index contributed by atoms with van der Waals surface area (Å²) in [5, 5.41) is 16.0. The van der Waals surface area contributed by atoms with Crippen molar-refractivity contribution < 1.29 is 38.4 Å². The molecule has 0 spiro atoms. The van der Waals surface area contributed by atoms with Crippen LogP contribution in [0.15, 0.2) is 72.9 Å². The summed E-state index contributed by atoms with van der Waals surface area (Å²) >= 11 is 1.44. The number of hydrogen-bond donors (Lipinski definition) is 7. The number of rotatable bonds is 12. The van der Waals surface area contributed by atoms with Gasteiger partial charge in [-0.2, -0.15) is 11.8 Å². The summed E-state index contributed by atoms with van der Waals surface area (Å²) in [6.07, 6.45) is 4.65. The van der Waals surface area contributed by atoms with Crippen LogP contribution >= 0.6 is 11.8 Å². The van der Waals surface area contributed by atoms with E-state index in [0.717, 1.165) is 0 Å². The Balaban J connectivity index is 1.74. The van der Waals surface area contributed by atoms with E-state index < -0.39 is 90.1 Å². The number of carbonyl (C=O) groups is 8. The predicted molar refractivity (Wildman–Crippen MR) is 214 cm³/mol. The monoisotopic (exact) mass is 804 g/mol. The van der Waals surface area contributed by atoms with Gasteiger partial charge in [-0.25, -0.2) is 0 Å². The Morgan fingerprint density at radius 2 is 1.25 bits per heavy atom. The summed E-state index contributed by atoms with van der Waals surface area (Å²) in [6, 6.07) is 10.6. The number of primary amides is 1. The zero-order valence-corrected chi connectivity index (χ0v) is 33.1. The lowest BCUT2D eigenvalue weighted by Gasteiger charge is -2.30. The van der Waals surface area contributed by atoms with E-state index in [1.165, 1.54) is 28.9 Å². The number of nitrogens with zero attached hydrogens (tertiary/aromatic N) is 1. The van der Waals surface area contributed by atoms with Gasteiger partial charge in [0.05, 0.1) is 6.54 Å². The lowest BCUT2D eigenvalue weighted by Crippen LogP contribution is -2.59. The van der Waals surface area contributed by atoms with Gasteiger partial charge in [-0.1, -0.05) is 74.5 Å². The van der Waals surface area contributed by atoms with Crippen molar-refractivity contribution in [2.45, 2.75) is 88.6 Å². The van der Waals surface area contributed by atoms with Gasteiger partial charge in [0, 0.05) is 25.5 Å². The highest BCUT2D eigenvalue weighted by Gasteiger charge is 2.39. The average Bonchev–Trinajstić information content (AvgIpc) is 3.54. The highest BCUT2D eigenvalue weighted by molar-refractivity contribution is 7.98. The Kier molecular flexibility index (Phi) is 16.6. The molecule has 0 aromatic heterocycles. The first-order valence-electron chi connectivity index (χ1n) is 18.9. The molecule has 1 fully saturated rings. The van der Waals surface area contributed by atoms with Gasteiger partial charge in [0.1, 0.15) is 36.3 Å². The number of nitrogens with two attached hydrogens (primary N) is 1. The van der Waals surface area contributed by atoms with Crippen molar-refractivity contribution in [1.29, 1.82) is 0 Å². The normalized spacial score (nSPS) is 24.1. The molecule has 2 aromatic carbocycles. The molecule has 6 atom stereocenters. The Hall–Kier alpha value is -5.71.